The smallest absolute Gasteiger partial charge is 0.191 e. The second-order valence-electron chi connectivity index (χ2n) is 5.02. The molecule has 23 heavy (non-hydrogen) atoms. The van der Waals surface area contributed by atoms with Gasteiger partial charge >= 0.3 is 0 Å². The van der Waals surface area contributed by atoms with Crippen molar-refractivity contribution in [2.75, 3.05) is 0 Å². The van der Waals surface area contributed by atoms with Gasteiger partial charge in [0.25, 0.3) is 0 Å². The Bertz CT molecular complexity index is 795. The van der Waals surface area contributed by atoms with E-state index in [2.05, 4.69) is 33.7 Å². The normalized spacial score (nSPS) is 11.1. The molecule has 2 heterocycles. The minimum absolute atomic E-state index is 0.770. The Kier molecular flexibility index (Phi) is 5.03. The maximum absolute atomic E-state index is 6.22. The number of hydrogen-bond acceptors (Lipinski definition) is 4. The molecule has 0 radical (unpaired) electrons. The average molecular weight is 348 g/mol. The lowest BCUT2D eigenvalue weighted by Gasteiger charge is -2.07. The third-order valence-electron chi connectivity index (χ3n) is 3.56. The molecule has 1 aromatic carbocycles. The second kappa shape index (κ2) is 7.19. The molecule has 3 aromatic rings. The van der Waals surface area contributed by atoms with Crippen molar-refractivity contribution in [1.82, 2.24) is 24.5 Å². The highest BCUT2D eigenvalue weighted by Crippen LogP contribution is 2.28. The monoisotopic (exact) mass is 347 g/mol. The van der Waals surface area contributed by atoms with Gasteiger partial charge in [0.2, 0.25) is 0 Å². The highest BCUT2D eigenvalue weighted by molar-refractivity contribution is 7.98. The minimum atomic E-state index is 0.770. The highest BCUT2D eigenvalue weighted by atomic mass is 35.5. The van der Waals surface area contributed by atoms with E-state index >= 15 is 0 Å². The topological polar surface area (TPSA) is 48.5 Å². The van der Waals surface area contributed by atoms with Crippen LogP contribution in [0.1, 0.15) is 19.4 Å². The van der Waals surface area contributed by atoms with Gasteiger partial charge in [-0.05, 0) is 25.5 Å². The maximum Gasteiger partial charge on any atom is 0.191 e. The van der Waals surface area contributed by atoms with Gasteiger partial charge in [0.15, 0.2) is 11.0 Å². The van der Waals surface area contributed by atoms with E-state index in [0.29, 0.717) is 0 Å². The first-order valence-corrected chi connectivity index (χ1v) is 8.91. The second-order valence-corrected chi connectivity index (χ2v) is 6.36. The van der Waals surface area contributed by atoms with E-state index in [1.54, 1.807) is 11.8 Å². The first kappa shape index (κ1) is 16.1. The summed E-state index contributed by atoms with van der Waals surface area (Å²) in [6.45, 7) is 5.81. The van der Waals surface area contributed by atoms with E-state index in [1.165, 1.54) is 0 Å². The number of thioether (sulfide) groups is 1. The predicted octanol–water partition coefficient (Wildman–Crippen LogP) is 4.13. The van der Waals surface area contributed by atoms with Crippen molar-refractivity contribution >= 4 is 23.4 Å². The van der Waals surface area contributed by atoms with Crippen molar-refractivity contribution in [2.45, 2.75) is 37.8 Å². The molecule has 0 bridgehead atoms. The summed E-state index contributed by atoms with van der Waals surface area (Å²) in [4.78, 5) is 0. The highest BCUT2D eigenvalue weighted by Gasteiger charge is 2.15. The quantitative estimate of drug-likeness (QED) is 0.629. The van der Waals surface area contributed by atoms with Gasteiger partial charge in [0, 0.05) is 30.1 Å². The van der Waals surface area contributed by atoms with Crippen LogP contribution in [0.4, 0.5) is 0 Å². The van der Waals surface area contributed by atoms with Crippen LogP contribution in [0.3, 0.4) is 0 Å². The molecule has 0 spiro atoms. The Balaban J connectivity index is 1.82. The number of aromatic nitrogens is 5. The van der Waals surface area contributed by atoms with Crippen LogP contribution in [0.2, 0.25) is 5.02 Å². The van der Waals surface area contributed by atoms with Crippen LogP contribution in [0.5, 0.6) is 0 Å². The molecule has 0 fully saturated rings. The Hall–Kier alpha value is -1.79. The van der Waals surface area contributed by atoms with Crippen LogP contribution in [-0.4, -0.2) is 24.5 Å². The summed E-state index contributed by atoms with van der Waals surface area (Å²) in [6.07, 6.45) is 3.83. The van der Waals surface area contributed by atoms with Gasteiger partial charge in [-0.2, -0.15) is 5.10 Å². The molecule has 0 saturated carbocycles. The van der Waals surface area contributed by atoms with E-state index in [1.807, 2.05) is 41.3 Å². The van der Waals surface area contributed by atoms with Gasteiger partial charge in [-0.15, -0.1) is 10.2 Å². The Morgan fingerprint density at radius 3 is 2.65 bits per heavy atom. The van der Waals surface area contributed by atoms with Crippen molar-refractivity contribution in [3.63, 3.8) is 0 Å². The zero-order valence-electron chi connectivity index (χ0n) is 13.1. The summed E-state index contributed by atoms with van der Waals surface area (Å²) in [5.41, 5.74) is 2.09. The number of aryl methyl sites for hydroxylation is 1. The van der Waals surface area contributed by atoms with E-state index in [9.17, 15) is 0 Å². The summed E-state index contributed by atoms with van der Waals surface area (Å²) in [5, 5.41) is 14.7. The third-order valence-corrected chi connectivity index (χ3v) is 4.95. The summed E-state index contributed by atoms with van der Waals surface area (Å²) < 4.78 is 4.00. The number of hydrogen-bond donors (Lipinski definition) is 0. The SMILES string of the molecule is CCn1cc(-c2nnc(SCc3ccccc3Cl)n2CC)cn1. The third kappa shape index (κ3) is 3.43. The van der Waals surface area contributed by atoms with Gasteiger partial charge in [-0.3, -0.25) is 4.68 Å². The molecule has 0 atom stereocenters. The van der Waals surface area contributed by atoms with Crippen molar-refractivity contribution < 1.29 is 0 Å². The number of rotatable bonds is 6. The fraction of sp³-hybridized carbons (Fsp3) is 0.312. The Morgan fingerprint density at radius 1 is 1.13 bits per heavy atom. The molecule has 7 heteroatoms. The molecular formula is C16H18ClN5S. The summed E-state index contributed by atoms with van der Waals surface area (Å²) in [5.74, 6) is 1.63. The molecule has 0 saturated heterocycles. The first-order chi connectivity index (χ1) is 11.2. The van der Waals surface area contributed by atoms with Crippen molar-refractivity contribution in [1.29, 1.82) is 0 Å². The molecule has 5 nitrogen and oxygen atoms in total. The molecule has 0 unspecified atom stereocenters. The van der Waals surface area contributed by atoms with Crippen LogP contribution in [0.15, 0.2) is 41.8 Å². The Labute approximate surface area is 144 Å². The lowest BCUT2D eigenvalue weighted by Crippen LogP contribution is -1.99. The van der Waals surface area contributed by atoms with Gasteiger partial charge < -0.3 is 4.57 Å². The van der Waals surface area contributed by atoms with E-state index in [-0.39, 0.29) is 0 Å². The number of nitrogens with zero attached hydrogens (tertiary/aromatic N) is 5. The van der Waals surface area contributed by atoms with Crippen LogP contribution >= 0.6 is 23.4 Å². The van der Waals surface area contributed by atoms with Gasteiger partial charge in [-0.25, -0.2) is 0 Å². The van der Waals surface area contributed by atoms with Gasteiger partial charge in [0.1, 0.15) is 0 Å². The molecule has 0 amide bonds. The molecular weight excluding hydrogens is 330 g/mol. The van der Waals surface area contributed by atoms with Crippen LogP contribution in [0.25, 0.3) is 11.4 Å². The zero-order chi connectivity index (χ0) is 16.2. The predicted molar refractivity (Wildman–Crippen MR) is 93.6 cm³/mol. The largest absolute Gasteiger partial charge is 0.302 e. The molecule has 0 aliphatic carbocycles. The summed E-state index contributed by atoms with van der Waals surface area (Å²) >= 11 is 7.86. The van der Waals surface area contributed by atoms with E-state index < -0.39 is 0 Å². The van der Waals surface area contributed by atoms with Gasteiger partial charge in [0.05, 0.1) is 11.8 Å². The molecule has 3 rings (SSSR count). The fourth-order valence-corrected chi connectivity index (χ4v) is 3.59. The molecule has 120 valence electrons. The summed E-state index contributed by atoms with van der Waals surface area (Å²) in [6, 6.07) is 7.88. The van der Waals surface area contributed by atoms with E-state index in [0.717, 1.165) is 46.0 Å². The van der Waals surface area contributed by atoms with Gasteiger partial charge in [-0.1, -0.05) is 41.6 Å². The Morgan fingerprint density at radius 2 is 1.96 bits per heavy atom. The lowest BCUT2D eigenvalue weighted by atomic mass is 10.2. The lowest BCUT2D eigenvalue weighted by molar-refractivity contribution is 0.659. The average Bonchev–Trinajstić information content (AvgIpc) is 3.20. The van der Waals surface area contributed by atoms with Crippen LogP contribution < -0.4 is 0 Å². The van der Waals surface area contributed by atoms with Crippen LogP contribution in [-0.2, 0) is 18.8 Å². The molecule has 0 aliphatic heterocycles. The fourth-order valence-electron chi connectivity index (χ4n) is 2.30. The standard InChI is InChI=1S/C16H18ClN5S/c1-3-21-10-13(9-18-21)15-19-20-16(22(15)4-2)23-11-12-7-5-6-8-14(12)17/h5-10H,3-4,11H2,1-2H3. The molecule has 0 aliphatic rings. The van der Waals surface area contributed by atoms with Crippen LogP contribution in [0, 0.1) is 0 Å². The summed E-state index contributed by atoms with van der Waals surface area (Å²) in [7, 11) is 0. The van der Waals surface area contributed by atoms with Crippen molar-refractivity contribution in [2.24, 2.45) is 0 Å². The number of benzene rings is 1. The van der Waals surface area contributed by atoms with Crippen molar-refractivity contribution in [3.05, 3.63) is 47.2 Å². The molecule has 0 N–H and O–H groups in total. The maximum atomic E-state index is 6.22. The number of halogens is 1. The first-order valence-electron chi connectivity index (χ1n) is 7.55. The molecule has 2 aromatic heterocycles. The van der Waals surface area contributed by atoms with E-state index in [4.69, 9.17) is 11.6 Å². The zero-order valence-corrected chi connectivity index (χ0v) is 14.7. The van der Waals surface area contributed by atoms with Crippen molar-refractivity contribution in [3.8, 4) is 11.4 Å². The minimum Gasteiger partial charge on any atom is -0.302 e.